The predicted octanol–water partition coefficient (Wildman–Crippen LogP) is 1.17. The summed E-state index contributed by atoms with van der Waals surface area (Å²) in [6, 6.07) is 0.692. The minimum Gasteiger partial charge on any atom is -0.308 e. The number of aryl methyl sites for hydroxylation is 2. The Morgan fingerprint density at radius 1 is 1.39 bits per heavy atom. The Morgan fingerprint density at radius 3 is 2.78 bits per heavy atom. The average Bonchev–Trinajstić information content (AvgIpc) is 2.78. The maximum absolute atomic E-state index is 4.51. The van der Waals surface area contributed by atoms with Crippen LogP contribution in [0.25, 0.3) is 0 Å². The van der Waals surface area contributed by atoms with Gasteiger partial charge in [-0.05, 0) is 38.3 Å². The van der Waals surface area contributed by atoms with Crippen LogP contribution in [-0.2, 0) is 20.0 Å². The lowest BCUT2D eigenvalue weighted by Crippen LogP contribution is -2.55. The summed E-state index contributed by atoms with van der Waals surface area (Å²) >= 11 is 0. The second-order valence-electron chi connectivity index (χ2n) is 5.75. The van der Waals surface area contributed by atoms with Gasteiger partial charge < -0.3 is 10.2 Å². The molecular formula is C14H24N4. The quantitative estimate of drug-likeness (QED) is 0.868. The zero-order valence-electron chi connectivity index (χ0n) is 11.5. The number of hydrogen-bond donors (Lipinski definition) is 1. The molecular weight excluding hydrogens is 224 g/mol. The highest BCUT2D eigenvalue weighted by atomic mass is 15.3. The average molecular weight is 248 g/mol. The first-order valence-electron chi connectivity index (χ1n) is 7.23. The fraction of sp³-hybridized carbons (Fsp3) is 0.786. The predicted molar refractivity (Wildman–Crippen MR) is 72.4 cm³/mol. The highest BCUT2D eigenvalue weighted by Crippen LogP contribution is 2.27. The van der Waals surface area contributed by atoms with Crippen LogP contribution in [-0.4, -0.2) is 40.4 Å². The lowest BCUT2D eigenvalue weighted by atomic mass is 9.84. The number of fused-ring (bicyclic) bond motifs is 3. The van der Waals surface area contributed by atoms with Gasteiger partial charge in [0.25, 0.3) is 0 Å². The Hall–Kier alpha value is -0.870. The van der Waals surface area contributed by atoms with Gasteiger partial charge in [0.05, 0.1) is 5.69 Å². The van der Waals surface area contributed by atoms with Crippen LogP contribution >= 0.6 is 0 Å². The molecule has 0 amide bonds. The number of rotatable bonds is 4. The molecule has 0 spiro atoms. The van der Waals surface area contributed by atoms with Crippen molar-refractivity contribution in [3.8, 4) is 0 Å². The molecule has 3 saturated heterocycles. The molecule has 1 N–H and O–H groups in total. The van der Waals surface area contributed by atoms with E-state index in [4.69, 9.17) is 0 Å². The Labute approximate surface area is 109 Å². The number of nitrogens with one attached hydrogen (secondary N) is 1. The van der Waals surface area contributed by atoms with E-state index in [0.29, 0.717) is 6.04 Å². The van der Waals surface area contributed by atoms with E-state index in [1.165, 1.54) is 43.7 Å². The van der Waals surface area contributed by atoms with E-state index in [1.54, 1.807) is 0 Å². The number of hydrogen-bond acceptors (Lipinski definition) is 3. The van der Waals surface area contributed by atoms with Crippen molar-refractivity contribution in [2.75, 3.05) is 19.6 Å². The van der Waals surface area contributed by atoms with Gasteiger partial charge in [0.15, 0.2) is 0 Å². The first kappa shape index (κ1) is 12.2. The Bertz CT molecular complexity index is 404. The highest BCUT2D eigenvalue weighted by molar-refractivity contribution is 5.17. The summed E-state index contributed by atoms with van der Waals surface area (Å²) in [6.07, 6.45) is 5.95. The Kier molecular flexibility index (Phi) is 3.39. The highest BCUT2D eigenvalue weighted by Gasteiger charge is 2.33. The van der Waals surface area contributed by atoms with Gasteiger partial charge in [-0.1, -0.05) is 6.92 Å². The van der Waals surface area contributed by atoms with Crippen LogP contribution in [0.15, 0.2) is 6.20 Å². The van der Waals surface area contributed by atoms with Crippen LogP contribution in [0.1, 0.15) is 31.0 Å². The van der Waals surface area contributed by atoms with E-state index < -0.39 is 0 Å². The van der Waals surface area contributed by atoms with E-state index in [0.717, 1.165) is 18.9 Å². The second-order valence-corrected chi connectivity index (χ2v) is 5.75. The van der Waals surface area contributed by atoms with Crippen LogP contribution in [0.3, 0.4) is 0 Å². The van der Waals surface area contributed by atoms with Crippen LogP contribution in [0, 0.1) is 5.92 Å². The fourth-order valence-corrected chi connectivity index (χ4v) is 3.47. The molecule has 4 rings (SSSR count). The zero-order chi connectivity index (χ0) is 12.5. The lowest BCUT2D eigenvalue weighted by Gasteiger charge is -2.45. The molecule has 100 valence electrons. The molecule has 3 aliphatic heterocycles. The number of piperidine rings is 3. The minimum absolute atomic E-state index is 0.692. The van der Waals surface area contributed by atoms with E-state index >= 15 is 0 Å². The van der Waals surface area contributed by atoms with Crippen LogP contribution in [0.4, 0.5) is 0 Å². The molecule has 0 aliphatic carbocycles. The summed E-state index contributed by atoms with van der Waals surface area (Å²) in [7, 11) is 2.01. The summed E-state index contributed by atoms with van der Waals surface area (Å²) in [5, 5.41) is 8.27. The third kappa shape index (κ3) is 2.31. The molecule has 3 aliphatic rings. The smallest absolute Gasteiger partial charge is 0.0666 e. The maximum Gasteiger partial charge on any atom is 0.0666 e. The van der Waals surface area contributed by atoms with Crippen molar-refractivity contribution in [1.29, 1.82) is 0 Å². The molecule has 4 heterocycles. The molecule has 2 bridgehead atoms. The molecule has 0 aromatic carbocycles. The van der Waals surface area contributed by atoms with Gasteiger partial charge in [-0.3, -0.25) is 4.68 Å². The Balaban J connectivity index is 1.60. The number of nitrogens with zero attached hydrogens (tertiary/aromatic N) is 3. The monoisotopic (exact) mass is 248 g/mol. The van der Waals surface area contributed by atoms with Gasteiger partial charge >= 0.3 is 0 Å². The standard InChI is InChI=1S/C14H24N4/c1-3-13-12(9-17(2)16-13)8-15-14-10-18-6-4-11(14)5-7-18/h9,11,14-15H,3-8,10H2,1-2H3. The molecule has 4 nitrogen and oxygen atoms in total. The maximum atomic E-state index is 4.51. The minimum atomic E-state index is 0.692. The normalized spacial score (nSPS) is 30.9. The first-order chi connectivity index (χ1) is 8.76. The van der Waals surface area contributed by atoms with Gasteiger partial charge in [0, 0.05) is 37.9 Å². The van der Waals surface area contributed by atoms with E-state index in [-0.39, 0.29) is 0 Å². The molecule has 0 saturated carbocycles. The van der Waals surface area contributed by atoms with Crippen LogP contribution < -0.4 is 5.32 Å². The van der Waals surface area contributed by atoms with Crippen molar-refractivity contribution in [3.05, 3.63) is 17.5 Å². The summed E-state index contributed by atoms with van der Waals surface area (Å²) < 4.78 is 1.94. The molecule has 0 radical (unpaired) electrons. The Morgan fingerprint density at radius 2 is 2.17 bits per heavy atom. The third-order valence-corrected chi connectivity index (χ3v) is 4.54. The fourth-order valence-electron chi connectivity index (χ4n) is 3.47. The van der Waals surface area contributed by atoms with Crippen LogP contribution in [0.2, 0.25) is 0 Å². The summed E-state index contributed by atoms with van der Waals surface area (Å²) in [5.41, 5.74) is 2.61. The van der Waals surface area contributed by atoms with Gasteiger partial charge in [0.1, 0.15) is 0 Å². The molecule has 1 unspecified atom stereocenters. The second kappa shape index (κ2) is 5.02. The summed E-state index contributed by atoms with van der Waals surface area (Å²) in [6.45, 7) is 7.03. The van der Waals surface area contributed by atoms with Gasteiger partial charge in [-0.2, -0.15) is 5.10 Å². The van der Waals surface area contributed by atoms with Crippen molar-refractivity contribution in [3.63, 3.8) is 0 Å². The van der Waals surface area contributed by atoms with Crippen molar-refractivity contribution < 1.29 is 0 Å². The third-order valence-electron chi connectivity index (χ3n) is 4.54. The van der Waals surface area contributed by atoms with Gasteiger partial charge in [-0.15, -0.1) is 0 Å². The first-order valence-corrected chi connectivity index (χ1v) is 7.23. The molecule has 1 aromatic heterocycles. The van der Waals surface area contributed by atoms with Crippen molar-refractivity contribution >= 4 is 0 Å². The topological polar surface area (TPSA) is 33.1 Å². The number of aromatic nitrogens is 2. The van der Waals surface area contributed by atoms with E-state index in [2.05, 4.69) is 28.4 Å². The van der Waals surface area contributed by atoms with E-state index in [1.807, 2.05) is 11.7 Å². The van der Waals surface area contributed by atoms with Gasteiger partial charge in [0.2, 0.25) is 0 Å². The van der Waals surface area contributed by atoms with Crippen LogP contribution in [0.5, 0.6) is 0 Å². The SMILES string of the molecule is CCc1nn(C)cc1CNC1CN2CCC1CC2. The zero-order valence-corrected chi connectivity index (χ0v) is 11.5. The molecule has 4 heteroatoms. The molecule has 18 heavy (non-hydrogen) atoms. The van der Waals surface area contributed by atoms with Crippen molar-refractivity contribution in [2.24, 2.45) is 13.0 Å². The van der Waals surface area contributed by atoms with E-state index in [9.17, 15) is 0 Å². The molecule has 3 fully saturated rings. The largest absolute Gasteiger partial charge is 0.308 e. The van der Waals surface area contributed by atoms with Crippen molar-refractivity contribution in [1.82, 2.24) is 20.0 Å². The lowest BCUT2D eigenvalue weighted by molar-refractivity contribution is 0.0720. The molecule has 1 atom stereocenters. The molecule has 1 aromatic rings. The van der Waals surface area contributed by atoms with Crippen molar-refractivity contribution in [2.45, 2.75) is 38.8 Å². The summed E-state index contributed by atoms with van der Waals surface area (Å²) in [4.78, 5) is 2.60. The van der Waals surface area contributed by atoms with Gasteiger partial charge in [-0.25, -0.2) is 0 Å². The summed E-state index contributed by atoms with van der Waals surface area (Å²) in [5.74, 6) is 0.900.